The average molecular weight is 479 g/mol. The van der Waals surface area contributed by atoms with Gasteiger partial charge in [0.05, 0.1) is 22.7 Å². The summed E-state index contributed by atoms with van der Waals surface area (Å²) in [4.78, 5) is 12.8. The summed E-state index contributed by atoms with van der Waals surface area (Å²) in [6, 6.07) is 17.6. The van der Waals surface area contributed by atoms with E-state index in [1.807, 2.05) is 0 Å². The van der Waals surface area contributed by atoms with E-state index >= 15 is 0 Å². The number of nitrogens with one attached hydrogen (secondary N) is 1. The third-order valence-corrected chi connectivity index (χ3v) is 6.98. The Labute approximate surface area is 191 Å². The fourth-order valence-corrected chi connectivity index (χ4v) is 4.37. The lowest BCUT2D eigenvalue weighted by atomic mass is 10.1. The highest BCUT2D eigenvalue weighted by molar-refractivity contribution is 7.89. The Morgan fingerprint density at radius 3 is 2.35 bits per heavy atom. The highest BCUT2D eigenvalue weighted by atomic mass is 35.5. The van der Waals surface area contributed by atoms with Crippen molar-refractivity contribution in [1.82, 2.24) is 4.31 Å². The topological polar surface area (TPSA) is 75.7 Å². The summed E-state index contributed by atoms with van der Waals surface area (Å²) in [7, 11) is -0.825. The van der Waals surface area contributed by atoms with Gasteiger partial charge in [-0.05, 0) is 54.6 Å². The molecule has 31 heavy (non-hydrogen) atoms. The molecule has 3 aromatic rings. The van der Waals surface area contributed by atoms with Gasteiger partial charge in [-0.15, -0.1) is 0 Å². The van der Waals surface area contributed by atoms with Gasteiger partial charge in [0, 0.05) is 29.7 Å². The fraction of sp³-hybridized carbons (Fsp3) is 0.136. The largest absolute Gasteiger partial charge is 0.496 e. The second kappa shape index (κ2) is 9.70. The van der Waals surface area contributed by atoms with Crippen molar-refractivity contribution in [3.63, 3.8) is 0 Å². The minimum atomic E-state index is -3.77. The number of para-hydroxylation sites is 1. The van der Waals surface area contributed by atoms with E-state index in [0.29, 0.717) is 32.6 Å². The van der Waals surface area contributed by atoms with Crippen molar-refractivity contribution < 1.29 is 17.9 Å². The van der Waals surface area contributed by atoms with E-state index in [-0.39, 0.29) is 17.3 Å². The Hall–Kier alpha value is -2.58. The van der Waals surface area contributed by atoms with Gasteiger partial charge in [-0.25, -0.2) is 8.42 Å². The van der Waals surface area contributed by atoms with E-state index in [0.717, 1.165) is 0 Å². The molecule has 1 N–H and O–H groups in total. The zero-order valence-corrected chi connectivity index (χ0v) is 19.1. The maximum absolute atomic E-state index is 12.9. The van der Waals surface area contributed by atoms with Gasteiger partial charge in [-0.1, -0.05) is 35.3 Å². The Balaban J connectivity index is 1.86. The van der Waals surface area contributed by atoms with Crippen LogP contribution in [0.4, 0.5) is 5.69 Å². The van der Waals surface area contributed by atoms with Gasteiger partial charge in [0.2, 0.25) is 10.0 Å². The molecule has 0 aliphatic carbocycles. The number of hydrogen-bond donors (Lipinski definition) is 1. The quantitative estimate of drug-likeness (QED) is 0.513. The first kappa shape index (κ1) is 23.1. The predicted octanol–water partition coefficient (Wildman–Crippen LogP) is 5.08. The van der Waals surface area contributed by atoms with Crippen molar-refractivity contribution in [2.24, 2.45) is 0 Å². The molecule has 9 heteroatoms. The molecule has 3 aromatic carbocycles. The molecule has 0 spiro atoms. The molecule has 162 valence electrons. The minimum Gasteiger partial charge on any atom is -0.496 e. The van der Waals surface area contributed by atoms with Crippen molar-refractivity contribution in [2.45, 2.75) is 11.4 Å². The zero-order valence-electron chi connectivity index (χ0n) is 16.8. The first-order valence-electron chi connectivity index (χ1n) is 9.17. The third kappa shape index (κ3) is 5.37. The van der Waals surface area contributed by atoms with Crippen LogP contribution >= 0.6 is 23.2 Å². The number of methoxy groups -OCH3 is 1. The first-order valence-corrected chi connectivity index (χ1v) is 11.4. The van der Waals surface area contributed by atoms with Crippen LogP contribution in [0, 0.1) is 0 Å². The Kier molecular flexibility index (Phi) is 7.23. The fourth-order valence-electron chi connectivity index (χ4n) is 2.91. The summed E-state index contributed by atoms with van der Waals surface area (Å²) in [5.41, 5.74) is 1.36. The molecule has 0 bridgehead atoms. The molecular formula is C22H20Cl2N2O4S. The molecule has 0 unspecified atom stereocenters. The first-order chi connectivity index (χ1) is 14.7. The normalized spacial score (nSPS) is 11.4. The second-order valence-corrected chi connectivity index (χ2v) is 9.56. The van der Waals surface area contributed by atoms with E-state index < -0.39 is 10.0 Å². The summed E-state index contributed by atoms with van der Waals surface area (Å²) in [5, 5.41) is 3.61. The summed E-state index contributed by atoms with van der Waals surface area (Å²) < 4.78 is 32.3. The predicted molar refractivity (Wildman–Crippen MR) is 123 cm³/mol. The number of benzene rings is 3. The lowest BCUT2D eigenvalue weighted by Crippen LogP contribution is -2.27. The summed E-state index contributed by atoms with van der Waals surface area (Å²) in [6.07, 6.45) is 0. The number of amides is 1. The molecule has 0 heterocycles. The van der Waals surface area contributed by atoms with Crippen molar-refractivity contribution in [3.05, 3.63) is 87.9 Å². The highest BCUT2D eigenvalue weighted by Crippen LogP contribution is 2.26. The van der Waals surface area contributed by atoms with E-state index in [1.165, 1.54) is 42.7 Å². The number of anilines is 1. The number of sulfonamides is 1. The van der Waals surface area contributed by atoms with Crippen molar-refractivity contribution in [1.29, 1.82) is 0 Å². The van der Waals surface area contributed by atoms with Crippen molar-refractivity contribution >= 4 is 44.8 Å². The van der Waals surface area contributed by atoms with Gasteiger partial charge in [0.15, 0.2) is 0 Å². The molecule has 6 nitrogen and oxygen atoms in total. The molecule has 0 aliphatic rings. The molecule has 0 saturated heterocycles. The molecular weight excluding hydrogens is 459 g/mol. The maximum atomic E-state index is 12.9. The van der Waals surface area contributed by atoms with Crippen LogP contribution in [0.5, 0.6) is 5.75 Å². The van der Waals surface area contributed by atoms with Crippen LogP contribution in [0.3, 0.4) is 0 Å². The highest BCUT2D eigenvalue weighted by Gasteiger charge is 2.23. The Morgan fingerprint density at radius 1 is 1.03 bits per heavy atom. The number of carbonyl (C=O) groups excluding carboxylic acids is 1. The molecule has 1 amide bonds. The molecule has 3 rings (SSSR count). The van der Waals surface area contributed by atoms with E-state index in [1.54, 1.807) is 42.5 Å². The minimum absolute atomic E-state index is 0.00134. The summed E-state index contributed by atoms with van der Waals surface area (Å²) >= 11 is 12.0. The van der Waals surface area contributed by atoms with Crippen molar-refractivity contribution in [2.75, 3.05) is 19.5 Å². The van der Waals surface area contributed by atoms with E-state index in [4.69, 9.17) is 27.9 Å². The van der Waals surface area contributed by atoms with Gasteiger partial charge in [-0.3, -0.25) is 4.79 Å². The molecule has 0 fully saturated rings. The van der Waals surface area contributed by atoms with Crippen LogP contribution in [0.1, 0.15) is 15.9 Å². The number of nitrogens with zero attached hydrogens (tertiary/aromatic N) is 1. The third-order valence-electron chi connectivity index (χ3n) is 4.58. The molecule has 0 aliphatic heterocycles. The lowest BCUT2D eigenvalue weighted by molar-refractivity contribution is 0.102. The van der Waals surface area contributed by atoms with Crippen molar-refractivity contribution in [3.8, 4) is 5.75 Å². The SMILES string of the molecule is COc1ccc(C(=O)Nc2ccccc2Cl)cc1CN(C)S(=O)(=O)c1ccc(Cl)cc1. The molecule has 0 radical (unpaired) electrons. The molecule has 0 atom stereocenters. The maximum Gasteiger partial charge on any atom is 0.255 e. The monoisotopic (exact) mass is 478 g/mol. The smallest absolute Gasteiger partial charge is 0.255 e. The lowest BCUT2D eigenvalue weighted by Gasteiger charge is -2.19. The Morgan fingerprint density at radius 2 is 1.71 bits per heavy atom. The summed E-state index contributed by atoms with van der Waals surface area (Å²) in [5.74, 6) is 0.0904. The number of rotatable bonds is 7. The van der Waals surface area contributed by atoms with Gasteiger partial charge in [0.1, 0.15) is 5.75 Å². The van der Waals surface area contributed by atoms with Crippen LogP contribution in [-0.2, 0) is 16.6 Å². The average Bonchev–Trinajstić information content (AvgIpc) is 2.75. The zero-order chi connectivity index (χ0) is 22.6. The van der Waals surface area contributed by atoms with E-state index in [2.05, 4.69) is 5.32 Å². The summed E-state index contributed by atoms with van der Waals surface area (Å²) in [6.45, 7) is 0.00134. The van der Waals surface area contributed by atoms with Gasteiger partial charge >= 0.3 is 0 Å². The number of halogens is 2. The van der Waals surface area contributed by atoms with Crippen LogP contribution in [0.2, 0.25) is 10.0 Å². The van der Waals surface area contributed by atoms with Gasteiger partial charge < -0.3 is 10.1 Å². The van der Waals surface area contributed by atoms with Gasteiger partial charge in [0.25, 0.3) is 5.91 Å². The van der Waals surface area contributed by atoms with Crippen LogP contribution in [0.15, 0.2) is 71.6 Å². The Bertz CT molecular complexity index is 1200. The standard InChI is InChI=1S/C22H20Cl2N2O4S/c1-26(31(28,29)18-10-8-17(23)9-11-18)14-16-13-15(7-12-21(16)30-2)22(27)25-20-6-4-3-5-19(20)24/h3-13H,14H2,1-2H3,(H,25,27). The van der Waals surface area contributed by atoms with Crippen LogP contribution in [-0.4, -0.2) is 32.8 Å². The number of ether oxygens (including phenoxy) is 1. The number of hydrogen-bond acceptors (Lipinski definition) is 4. The van der Waals surface area contributed by atoms with Gasteiger partial charge in [-0.2, -0.15) is 4.31 Å². The number of carbonyl (C=O) groups is 1. The van der Waals surface area contributed by atoms with Crippen LogP contribution < -0.4 is 10.1 Å². The van der Waals surface area contributed by atoms with Crippen LogP contribution in [0.25, 0.3) is 0 Å². The molecule has 0 aromatic heterocycles. The second-order valence-electron chi connectivity index (χ2n) is 6.68. The molecule has 0 saturated carbocycles. The van der Waals surface area contributed by atoms with E-state index in [9.17, 15) is 13.2 Å².